The Morgan fingerprint density at radius 3 is 2.62 bits per heavy atom. The zero-order chi connectivity index (χ0) is 29.0. The maximum atomic E-state index is 13.9. The Morgan fingerprint density at radius 2 is 1.93 bits per heavy atom. The second-order valence-electron chi connectivity index (χ2n) is 11.3. The van der Waals surface area contributed by atoms with E-state index in [-0.39, 0.29) is 48.9 Å². The van der Waals surface area contributed by atoms with Gasteiger partial charge in [-0.3, -0.25) is 19.3 Å². The fraction of sp³-hybridized carbons (Fsp3) is 0.567. The van der Waals surface area contributed by atoms with Crippen LogP contribution in [0.3, 0.4) is 0 Å². The summed E-state index contributed by atoms with van der Waals surface area (Å²) in [6.07, 6.45) is 7.00. The highest BCUT2D eigenvalue weighted by Crippen LogP contribution is 2.50. The van der Waals surface area contributed by atoms with Gasteiger partial charge in [0.15, 0.2) is 11.6 Å². The summed E-state index contributed by atoms with van der Waals surface area (Å²) in [5, 5.41) is 29.0. The summed E-state index contributed by atoms with van der Waals surface area (Å²) in [5.41, 5.74) is 3.81. The number of likely N-dealkylation sites (tertiary alicyclic amines) is 1. The van der Waals surface area contributed by atoms with Crippen LogP contribution >= 0.6 is 0 Å². The van der Waals surface area contributed by atoms with Crippen molar-refractivity contribution in [1.29, 1.82) is 0 Å². The fourth-order valence-electron chi connectivity index (χ4n) is 6.68. The predicted molar refractivity (Wildman–Crippen MR) is 148 cm³/mol. The van der Waals surface area contributed by atoms with Crippen molar-refractivity contribution in [1.82, 2.24) is 4.90 Å². The molecule has 3 aliphatic rings. The van der Waals surface area contributed by atoms with Crippen LogP contribution in [0.1, 0.15) is 77.2 Å². The van der Waals surface area contributed by atoms with Crippen molar-refractivity contribution in [3.8, 4) is 5.75 Å². The summed E-state index contributed by atoms with van der Waals surface area (Å²) in [7, 11) is -1.04. The lowest BCUT2D eigenvalue weighted by Gasteiger charge is -2.42. The van der Waals surface area contributed by atoms with Crippen LogP contribution in [0.25, 0.3) is 6.08 Å². The van der Waals surface area contributed by atoms with E-state index in [1.54, 1.807) is 6.07 Å². The molecule has 8 nitrogen and oxygen atoms in total. The second-order valence-corrected chi connectivity index (χ2v) is 11.3. The number of aromatic hydroxyl groups is 1. The maximum Gasteiger partial charge on any atom is 0.455 e. The standard InChI is InChI=1S/C30H39BFNO7/c1-3-7-19(15-20-9-11-24(34)23(32)16-20)10-12-25-27-18(2)14-21-28(22(27)17-31(39)40-25)30(38)33(29(21)37)13-6-4-5-8-26(35)36/h9,11,15-16,21-22,25,28,34,39H,3-8,10,12-14,17H2,1-2H3,(H,35,36)/b19-15+/t21-,22+,25-,28-/m1/s1. The third kappa shape index (κ3) is 6.66. The van der Waals surface area contributed by atoms with Crippen LogP contribution in [0.2, 0.25) is 6.32 Å². The highest BCUT2D eigenvalue weighted by Gasteiger charge is 2.56. The number of carboxylic acids is 1. The molecular weight excluding hydrogens is 516 g/mol. The van der Waals surface area contributed by atoms with Gasteiger partial charge in [0, 0.05) is 13.0 Å². The summed E-state index contributed by atoms with van der Waals surface area (Å²) < 4.78 is 19.9. The average molecular weight is 555 g/mol. The van der Waals surface area contributed by atoms with Gasteiger partial charge in [0.2, 0.25) is 11.8 Å². The lowest BCUT2D eigenvalue weighted by Crippen LogP contribution is -2.46. The number of carbonyl (C=O) groups excluding carboxylic acids is 2. The number of rotatable bonds is 12. The van der Waals surface area contributed by atoms with Gasteiger partial charge in [-0.1, -0.05) is 43.1 Å². The lowest BCUT2D eigenvalue weighted by molar-refractivity contribution is -0.141. The van der Waals surface area contributed by atoms with Crippen LogP contribution in [-0.4, -0.2) is 57.7 Å². The molecule has 40 heavy (non-hydrogen) atoms. The van der Waals surface area contributed by atoms with Crippen LogP contribution < -0.4 is 0 Å². The second kappa shape index (κ2) is 13.1. The first-order chi connectivity index (χ1) is 19.1. The zero-order valence-corrected chi connectivity index (χ0v) is 23.3. The quantitative estimate of drug-likeness (QED) is 0.144. The summed E-state index contributed by atoms with van der Waals surface area (Å²) in [5.74, 6) is -3.51. The first kappa shape index (κ1) is 30.0. The fourth-order valence-corrected chi connectivity index (χ4v) is 6.68. The number of fused-ring (bicyclic) bond motifs is 3. The molecule has 216 valence electrons. The average Bonchev–Trinajstić information content (AvgIpc) is 3.13. The maximum absolute atomic E-state index is 13.9. The minimum atomic E-state index is -1.04. The molecule has 3 N–H and O–H groups in total. The monoisotopic (exact) mass is 555 g/mol. The molecule has 2 heterocycles. The van der Waals surface area contributed by atoms with E-state index in [1.807, 2.05) is 13.0 Å². The number of nitrogens with zero attached hydrogens (tertiary/aromatic N) is 1. The molecule has 1 aromatic rings. The normalized spacial score (nSPS) is 24.9. The first-order valence-electron chi connectivity index (χ1n) is 14.4. The zero-order valence-electron chi connectivity index (χ0n) is 23.3. The van der Waals surface area contributed by atoms with Gasteiger partial charge in [0.25, 0.3) is 0 Å². The van der Waals surface area contributed by atoms with Gasteiger partial charge < -0.3 is 19.9 Å². The Hall–Kier alpha value is -2.98. The van der Waals surface area contributed by atoms with E-state index in [0.717, 1.165) is 29.6 Å². The van der Waals surface area contributed by atoms with Gasteiger partial charge in [-0.2, -0.15) is 0 Å². The van der Waals surface area contributed by atoms with E-state index in [1.165, 1.54) is 17.0 Å². The molecule has 0 unspecified atom stereocenters. The van der Waals surface area contributed by atoms with Gasteiger partial charge in [-0.15, -0.1) is 0 Å². The molecule has 4 rings (SSSR count). The number of phenolic OH excluding ortho intramolecular Hbond substituents is 1. The molecule has 0 spiro atoms. The largest absolute Gasteiger partial charge is 0.505 e. The van der Waals surface area contributed by atoms with E-state index in [9.17, 15) is 28.9 Å². The first-order valence-corrected chi connectivity index (χ1v) is 14.4. The minimum absolute atomic E-state index is 0.0714. The highest BCUT2D eigenvalue weighted by atomic mass is 19.1. The number of halogens is 1. The lowest BCUT2D eigenvalue weighted by atomic mass is 9.58. The molecule has 0 radical (unpaired) electrons. The molecule has 1 aromatic carbocycles. The van der Waals surface area contributed by atoms with Crippen LogP contribution in [0, 0.1) is 23.6 Å². The van der Waals surface area contributed by atoms with Crippen molar-refractivity contribution >= 4 is 31.0 Å². The van der Waals surface area contributed by atoms with Crippen LogP contribution in [0.15, 0.2) is 34.9 Å². The van der Waals surface area contributed by atoms with Crippen molar-refractivity contribution < 1.29 is 38.7 Å². The Bertz CT molecular complexity index is 1200. The molecular formula is C30H39BFNO7. The van der Waals surface area contributed by atoms with Gasteiger partial charge in [-0.25, -0.2) is 4.39 Å². The van der Waals surface area contributed by atoms with Crippen LogP contribution in [-0.2, 0) is 19.0 Å². The van der Waals surface area contributed by atoms with Crippen LogP contribution in [0.4, 0.5) is 4.39 Å². The van der Waals surface area contributed by atoms with Crippen molar-refractivity contribution in [3.63, 3.8) is 0 Å². The summed E-state index contributed by atoms with van der Waals surface area (Å²) >= 11 is 0. The van der Waals surface area contributed by atoms with E-state index >= 15 is 0 Å². The molecule has 4 atom stereocenters. The SMILES string of the molecule is CCC/C(=C\c1ccc(O)c(F)c1)CC[C@H]1OB(O)C[C@H]2C1=C(C)C[C@H]1C(=O)N(CCCCCC(=O)O)C(=O)[C@H]12. The highest BCUT2D eigenvalue weighted by molar-refractivity contribution is 6.43. The van der Waals surface area contributed by atoms with Crippen molar-refractivity contribution in [2.75, 3.05) is 6.54 Å². The third-order valence-corrected chi connectivity index (χ3v) is 8.46. The van der Waals surface area contributed by atoms with Crippen molar-refractivity contribution in [3.05, 3.63) is 46.3 Å². The van der Waals surface area contributed by atoms with Gasteiger partial charge in [0.1, 0.15) is 0 Å². The van der Waals surface area contributed by atoms with Crippen molar-refractivity contribution in [2.24, 2.45) is 17.8 Å². The van der Waals surface area contributed by atoms with E-state index < -0.39 is 30.7 Å². The Kier molecular flexibility index (Phi) is 9.84. The van der Waals surface area contributed by atoms with Gasteiger partial charge in [-0.05, 0) is 81.0 Å². The summed E-state index contributed by atoms with van der Waals surface area (Å²) in [4.78, 5) is 38.9. The number of carboxylic acid groups (broad SMARTS) is 1. The number of imide groups is 1. The summed E-state index contributed by atoms with van der Waals surface area (Å²) in [6.45, 7) is 4.34. The minimum Gasteiger partial charge on any atom is -0.505 e. The number of unbranched alkanes of at least 4 members (excludes halogenated alkanes) is 2. The Balaban J connectivity index is 1.48. The van der Waals surface area contributed by atoms with E-state index in [2.05, 4.69) is 6.92 Å². The predicted octanol–water partition coefficient (Wildman–Crippen LogP) is 4.96. The smallest absolute Gasteiger partial charge is 0.455 e. The number of aliphatic carboxylic acids is 1. The number of hydrogen-bond donors (Lipinski definition) is 3. The molecule has 2 saturated heterocycles. The topological polar surface area (TPSA) is 124 Å². The van der Waals surface area contributed by atoms with E-state index in [4.69, 9.17) is 9.76 Å². The molecule has 0 bridgehead atoms. The number of benzene rings is 1. The van der Waals surface area contributed by atoms with Crippen molar-refractivity contribution in [2.45, 2.75) is 84.1 Å². The number of hydrogen-bond acceptors (Lipinski definition) is 6. The summed E-state index contributed by atoms with van der Waals surface area (Å²) in [6, 6.07) is 4.30. The Morgan fingerprint density at radius 1 is 1.15 bits per heavy atom. The molecule has 10 heteroatoms. The number of carbonyl (C=O) groups is 3. The molecule has 2 fully saturated rings. The number of amides is 2. The van der Waals surface area contributed by atoms with Gasteiger partial charge in [0.05, 0.1) is 17.9 Å². The van der Waals surface area contributed by atoms with Crippen LogP contribution in [0.5, 0.6) is 5.75 Å². The van der Waals surface area contributed by atoms with Gasteiger partial charge >= 0.3 is 13.1 Å². The molecule has 0 aromatic heterocycles. The molecule has 0 saturated carbocycles. The molecule has 2 amide bonds. The molecule has 2 aliphatic heterocycles. The Labute approximate surface area is 235 Å². The molecule has 1 aliphatic carbocycles. The number of allylic oxidation sites excluding steroid dienone is 2. The van der Waals surface area contributed by atoms with E-state index in [0.29, 0.717) is 44.1 Å². The number of phenols is 1. The third-order valence-electron chi connectivity index (χ3n) is 8.46.